The standard InChI is InChI=1S/C11H16O2/c1-11(2,12)8-5-7-10-6-3-4-9-13-10/h4,9-10,12H,3,6-7H2,1-2H3/t10-/m1/s1. The lowest BCUT2D eigenvalue weighted by atomic mass is 10.1. The van der Waals surface area contributed by atoms with Gasteiger partial charge in [-0.25, -0.2) is 0 Å². The number of hydrogen-bond donors (Lipinski definition) is 1. The topological polar surface area (TPSA) is 29.5 Å². The molecule has 2 nitrogen and oxygen atoms in total. The smallest absolute Gasteiger partial charge is 0.119 e. The van der Waals surface area contributed by atoms with E-state index >= 15 is 0 Å². The third-order valence-corrected chi connectivity index (χ3v) is 1.75. The average molecular weight is 180 g/mol. The van der Waals surface area contributed by atoms with Crippen molar-refractivity contribution in [2.24, 2.45) is 0 Å². The van der Waals surface area contributed by atoms with Crippen LogP contribution in [-0.4, -0.2) is 16.8 Å². The maximum atomic E-state index is 9.32. The summed E-state index contributed by atoms with van der Waals surface area (Å²) in [5.74, 6) is 5.71. The summed E-state index contributed by atoms with van der Waals surface area (Å²) in [5, 5.41) is 9.32. The van der Waals surface area contributed by atoms with Gasteiger partial charge in [0.2, 0.25) is 0 Å². The molecule has 1 heterocycles. The molecule has 1 N–H and O–H groups in total. The Morgan fingerprint density at radius 2 is 2.38 bits per heavy atom. The Morgan fingerprint density at radius 1 is 1.62 bits per heavy atom. The van der Waals surface area contributed by atoms with Gasteiger partial charge in [-0.15, -0.1) is 0 Å². The molecule has 13 heavy (non-hydrogen) atoms. The van der Waals surface area contributed by atoms with Crippen LogP contribution in [0, 0.1) is 11.8 Å². The number of allylic oxidation sites excluding steroid dienone is 1. The van der Waals surface area contributed by atoms with Crippen LogP contribution in [0.25, 0.3) is 0 Å². The molecule has 0 aromatic carbocycles. The summed E-state index contributed by atoms with van der Waals surface area (Å²) in [7, 11) is 0. The lowest BCUT2D eigenvalue weighted by Crippen LogP contribution is -2.16. The van der Waals surface area contributed by atoms with E-state index in [1.165, 1.54) is 0 Å². The van der Waals surface area contributed by atoms with Gasteiger partial charge in [-0.2, -0.15) is 0 Å². The molecule has 72 valence electrons. The van der Waals surface area contributed by atoms with Crippen molar-refractivity contribution in [3.63, 3.8) is 0 Å². The fraction of sp³-hybridized carbons (Fsp3) is 0.636. The highest BCUT2D eigenvalue weighted by Gasteiger charge is 2.10. The van der Waals surface area contributed by atoms with Crippen LogP contribution in [0.2, 0.25) is 0 Å². The van der Waals surface area contributed by atoms with Crippen LogP contribution in [-0.2, 0) is 4.74 Å². The summed E-state index contributed by atoms with van der Waals surface area (Å²) in [4.78, 5) is 0. The molecule has 0 spiro atoms. The molecule has 1 aliphatic rings. The molecular weight excluding hydrogens is 164 g/mol. The molecule has 0 aliphatic carbocycles. The molecule has 2 heteroatoms. The van der Waals surface area contributed by atoms with Crippen molar-refractivity contribution in [3.05, 3.63) is 12.3 Å². The van der Waals surface area contributed by atoms with Crippen molar-refractivity contribution in [2.45, 2.75) is 44.8 Å². The maximum Gasteiger partial charge on any atom is 0.119 e. The average Bonchev–Trinajstić information content (AvgIpc) is 2.04. The highest BCUT2D eigenvalue weighted by Crippen LogP contribution is 2.12. The lowest BCUT2D eigenvalue weighted by molar-refractivity contribution is 0.127. The molecule has 0 fully saturated rings. The Labute approximate surface area is 79.6 Å². The quantitative estimate of drug-likeness (QED) is 0.624. The first-order valence-corrected chi connectivity index (χ1v) is 4.61. The van der Waals surface area contributed by atoms with Gasteiger partial charge in [0.05, 0.1) is 6.26 Å². The van der Waals surface area contributed by atoms with E-state index in [0.717, 1.165) is 12.8 Å². The molecule has 0 saturated carbocycles. The first-order chi connectivity index (χ1) is 6.08. The van der Waals surface area contributed by atoms with E-state index in [0.29, 0.717) is 6.42 Å². The van der Waals surface area contributed by atoms with E-state index < -0.39 is 5.60 Å². The number of aliphatic hydroxyl groups is 1. The molecule has 0 aromatic heterocycles. The fourth-order valence-corrected chi connectivity index (χ4v) is 1.12. The van der Waals surface area contributed by atoms with Gasteiger partial charge in [0, 0.05) is 6.42 Å². The van der Waals surface area contributed by atoms with Crippen molar-refractivity contribution in [1.82, 2.24) is 0 Å². The Kier molecular flexibility index (Phi) is 3.39. The Bertz CT molecular complexity index is 237. The number of rotatable bonds is 1. The van der Waals surface area contributed by atoms with E-state index in [1.54, 1.807) is 20.1 Å². The molecule has 0 saturated heterocycles. The van der Waals surface area contributed by atoms with Crippen LogP contribution in [0.5, 0.6) is 0 Å². The minimum atomic E-state index is -0.884. The maximum absolute atomic E-state index is 9.32. The van der Waals surface area contributed by atoms with E-state index in [2.05, 4.69) is 11.8 Å². The van der Waals surface area contributed by atoms with Gasteiger partial charge in [0.1, 0.15) is 11.7 Å². The molecule has 0 radical (unpaired) electrons. The van der Waals surface area contributed by atoms with E-state index in [9.17, 15) is 5.11 Å². The largest absolute Gasteiger partial charge is 0.497 e. The van der Waals surface area contributed by atoms with Crippen LogP contribution >= 0.6 is 0 Å². The Hall–Kier alpha value is -0.940. The summed E-state index contributed by atoms with van der Waals surface area (Å²) >= 11 is 0. The van der Waals surface area contributed by atoms with Crippen molar-refractivity contribution < 1.29 is 9.84 Å². The summed E-state index contributed by atoms with van der Waals surface area (Å²) in [5.41, 5.74) is -0.884. The second-order valence-electron chi connectivity index (χ2n) is 3.77. The van der Waals surface area contributed by atoms with Gasteiger partial charge in [-0.05, 0) is 32.8 Å². The van der Waals surface area contributed by atoms with Crippen LogP contribution in [0.3, 0.4) is 0 Å². The molecule has 0 aromatic rings. The van der Waals surface area contributed by atoms with E-state index in [1.807, 2.05) is 6.08 Å². The minimum absolute atomic E-state index is 0.208. The van der Waals surface area contributed by atoms with Crippen LogP contribution in [0.15, 0.2) is 12.3 Å². The minimum Gasteiger partial charge on any atom is -0.497 e. The molecule has 0 amide bonds. The van der Waals surface area contributed by atoms with E-state index in [-0.39, 0.29) is 6.10 Å². The highest BCUT2D eigenvalue weighted by atomic mass is 16.5. The monoisotopic (exact) mass is 180 g/mol. The van der Waals surface area contributed by atoms with Crippen LogP contribution in [0.4, 0.5) is 0 Å². The molecule has 1 aliphatic heterocycles. The second kappa shape index (κ2) is 4.34. The predicted octanol–water partition coefficient (Wildman–Crippen LogP) is 1.84. The predicted molar refractivity (Wildman–Crippen MR) is 51.9 cm³/mol. The summed E-state index contributed by atoms with van der Waals surface area (Å²) < 4.78 is 5.33. The molecule has 1 rings (SSSR count). The molecule has 0 bridgehead atoms. The normalized spacial score (nSPS) is 21.6. The fourth-order valence-electron chi connectivity index (χ4n) is 1.12. The van der Waals surface area contributed by atoms with Gasteiger partial charge < -0.3 is 9.84 Å². The number of ether oxygens (including phenoxy) is 1. The molecule has 1 atom stereocenters. The third kappa shape index (κ3) is 4.59. The van der Waals surface area contributed by atoms with Crippen molar-refractivity contribution in [1.29, 1.82) is 0 Å². The first kappa shape index (κ1) is 10.1. The highest BCUT2D eigenvalue weighted by molar-refractivity contribution is 5.11. The van der Waals surface area contributed by atoms with Crippen molar-refractivity contribution in [3.8, 4) is 11.8 Å². The second-order valence-corrected chi connectivity index (χ2v) is 3.77. The summed E-state index contributed by atoms with van der Waals surface area (Å²) in [6.45, 7) is 3.36. The van der Waals surface area contributed by atoms with Gasteiger partial charge in [0.15, 0.2) is 0 Å². The van der Waals surface area contributed by atoms with Gasteiger partial charge >= 0.3 is 0 Å². The molecule has 0 unspecified atom stereocenters. The summed E-state index contributed by atoms with van der Waals surface area (Å²) in [6, 6.07) is 0. The Balaban J connectivity index is 2.32. The van der Waals surface area contributed by atoms with Gasteiger partial charge in [0.25, 0.3) is 0 Å². The van der Waals surface area contributed by atoms with Crippen LogP contribution in [0.1, 0.15) is 33.1 Å². The Morgan fingerprint density at radius 3 is 2.92 bits per heavy atom. The lowest BCUT2D eigenvalue weighted by Gasteiger charge is -2.16. The SMILES string of the molecule is CC(C)(O)C#CC[C@H]1CCC=CO1. The van der Waals surface area contributed by atoms with Crippen molar-refractivity contribution >= 4 is 0 Å². The van der Waals surface area contributed by atoms with Gasteiger partial charge in [-0.3, -0.25) is 0 Å². The first-order valence-electron chi connectivity index (χ1n) is 4.61. The third-order valence-electron chi connectivity index (χ3n) is 1.75. The molecular formula is C11H16O2. The van der Waals surface area contributed by atoms with Crippen LogP contribution < -0.4 is 0 Å². The zero-order valence-corrected chi connectivity index (χ0v) is 8.21. The summed E-state index contributed by atoms with van der Waals surface area (Å²) in [6.07, 6.45) is 6.75. The van der Waals surface area contributed by atoms with Gasteiger partial charge in [-0.1, -0.05) is 11.8 Å². The zero-order valence-electron chi connectivity index (χ0n) is 8.21. The zero-order chi connectivity index (χ0) is 9.73. The van der Waals surface area contributed by atoms with Crippen molar-refractivity contribution in [2.75, 3.05) is 0 Å². The van der Waals surface area contributed by atoms with E-state index in [4.69, 9.17) is 4.74 Å². The number of hydrogen-bond acceptors (Lipinski definition) is 2.